The minimum Gasteiger partial charge on any atom is -0.497 e. The molecule has 0 saturated heterocycles. The molecule has 1 aromatic carbocycles. The van der Waals surface area contributed by atoms with Gasteiger partial charge in [-0.1, -0.05) is 0 Å². The maximum atomic E-state index is 12.4. The number of carboxylic acids is 1. The summed E-state index contributed by atoms with van der Waals surface area (Å²) in [6, 6.07) is 4.48. The van der Waals surface area contributed by atoms with E-state index in [-0.39, 0.29) is 23.6 Å². The van der Waals surface area contributed by atoms with Gasteiger partial charge in [0.15, 0.2) is 0 Å². The quantitative estimate of drug-likeness (QED) is 0.682. The first-order valence-electron chi connectivity index (χ1n) is 8.27. The van der Waals surface area contributed by atoms with Crippen molar-refractivity contribution in [2.24, 2.45) is 0 Å². The van der Waals surface area contributed by atoms with Crippen molar-refractivity contribution < 1.29 is 19.4 Å². The second-order valence-corrected chi connectivity index (χ2v) is 6.00. The van der Waals surface area contributed by atoms with Crippen LogP contribution in [0.4, 0.5) is 5.69 Å². The van der Waals surface area contributed by atoms with Gasteiger partial charge in [-0.2, -0.15) is 10.1 Å². The van der Waals surface area contributed by atoms with Gasteiger partial charge in [-0.15, -0.1) is 0 Å². The molecule has 0 spiro atoms. The summed E-state index contributed by atoms with van der Waals surface area (Å²) in [6.07, 6.45) is 2.06. The van der Waals surface area contributed by atoms with E-state index in [1.807, 2.05) is 13.8 Å². The lowest BCUT2D eigenvalue weighted by atomic mass is 10.1. The zero-order valence-corrected chi connectivity index (χ0v) is 15.2. The first-order chi connectivity index (χ1) is 12.9. The number of hydrogen-bond acceptors (Lipinski definition) is 6. The van der Waals surface area contributed by atoms with Crippen molar-refractivity contribution in [3.63, 3.8) is 0 Å². The van der Waals surface area contributed by atoms with Crippen LogP contribution in [0.2, 0.25) is 0 Å². The molecule has 1 amide bonds. The molecule has 3 aromatic rings. The largest absolute Gasteiger partial charge is 0.497 e. The molecule has 27 heavy (non-hydrogen) atoms. The maximum absolute atomic E-state index is 12.4. The van der Waals surface area contributed by atoms with Gasteiger partial charge in [0.05, 0.1) is 18.4 Å². The number of carbonyl (C=O) groups is 2. The highest BCUT2D eigenvalue weighted by Crippen LogP contribution is 2.23. The van der Waals surface area contributed by atoms with Gasteiger partial charge in [-0.3, -0.25) is 4.79 Å². The third kappa shape index (κ3) is 3.71. The highest BCUT2D eigenvalue weighted by molar-refractivity contribution is 6.00. The fourth-order valence-electron chi connectivity index (χ4n) is 2.90. The molecule has 0 aliphatic heterocycles. The zero-order chi connectivity index (χ0) is 19.6. The van der Waals surface area contributed by atoms with E-state index in [2.05, 4.69) is 20.4 Å². The van der Waals surface area contributed by atoms with Gasteiger partial charge in [0, 0.05) is 17.8 Å². The fraction of sp³-hybridized carbons (Fsp3) is 0.278. The van der Waals surface area contributed by atoms with Crippen LogP contribution in [-0.4, -0.2) is 43.7 Å². The number of rotatable bonds is 6. The van der Waals surface area contributed by atoms with Crippen molar-refractivity contribution in [2.45, 2.75) is 26.7 Å². The van der Waals surface area contributed by atoms with Crippen molar-refractivity contribution in [3.05, 3.63) is 47.0 Å². The molecule has 2 aromatic heterocycles. The molecule has 2 heterocycles. The second kappa shape index (κ2) is 7.40. The second-order valence-electron chi connectivity index (χ2n) is 6.00. The highest BCUT2D eigenvalue weighted by atomic mass is 16.5. The highest BCUT2D eigenvalue weighted by Gasteiger charge is 2.16. The molecule has 0 unspecified atom stereocenters. The lowest BCUT2D eigenvalue weighted by Crippen LogP contribution is -2.16. The lowest BCUT2D eigenvalue weighted by molar-refractivity contribution is -0.116. The van der Waals surface area contributed by atoms with E-state index in [4.69, 9.17) is 4.74 Å². The molecular formula is C18H19N5O4. The number of aromatic nitrogens is 4. The molecule has 0 saturated carbocycles. The maximum Gasteiger partial charge on any atom is 0.337 e. The number of nitrogens with one attached hydrogen (secondary N) is 1. The number of carbonyl (C=O) groups excluding carboxylic acids is 1. The van der Waals surface area contributed by atoms with Crippen LogP contribution in [0, 0.1) is 13.8 Å². The first kappa shape index (κ1) is 18.3. The van der Waals surface area contributed by atoms with Gasteiger partial charge >= 0.3 is 5.97 Å². The number of hydrogen-bond donors (Lipinski definition) is 2. The Hall–Kier alpha value is -3.49. The topological polar surface area (TPSA) is 119 Å². The Balaban J connectivity index is 1.75. The summed E-state index contributed by atoms with van der Waals surface area (Å²) in [5.41, 5.74) is 2.78. The molecular weight excluding hydrogens is 350 g/mol. The molecule has 0 fully saturated rings. The number of methoxy groups -OCH3 is 1. The van der Waals surface area contributed by atoms with Crippen LogP contribution in [-0.2, 0) is 11.2 Å². The van der Waals surface area contributed by atoms with Crippen LogP contribution < -0.4 is 10.1 Å². The standard InChI is InChI=1S/C18H19N5O4/c1-10-13(11(2)23-18(21-10)19-9-20-23)5-7-16(24)22-15-6-4-12(27-3)8-14(15)17(25)26/h4,6,8-9H,5,7H2,1-3H3,(H,22,24)(H,25,26). The molecule has 9 heteroatoms. The first-order valence-corrected chi connectivity index (χ1v) is 8.27. The van der Waals surface area contributed by atoms with Crippen LogP contribution >= 0.6 is 0 Å². The predicted molar refractivity (Wildman–Crippen MR) is 97.2 cm³/mol. The Morgan fingerprint density at radius 2 is 2.07 bits per heavy atom. The van der Waals surface area contributed by atoms with Crippen LogP contribution in [0.15, 0.2) is 24.5 Å². The van der Waals surface area contributed by atoms with Gasteiger partial charge in [-0.25, -0.2) is 14.3 Å². The Bertz CT molecular complexity index is 1030. The Labute approximate surface area is 155 Å². The summed E-state index contributed by atoms with van der Waals surface area (Å²) in [5.74, 6) is -0.511. The van der Waals surface area contributed by atoms with Crippen molar-refractivity contribution >= 4 is 23.3 Å². The number of benzene rings is 1. The van der Waals surface area contributed by atoms with Crippen molar-refractivity contribution in [3.8, 4) is 5.75 Å². The SMILES string of the molecule is COc1ccc(NC(=O)CCc2c(C)nc3ncnn3c2C)c(C(=O)O)c1. The summed E-state index contributed by atoms with van der Waals surface area (Å²) in [7, 11) is 1.45. The van der Waals surface area contributed by atoms with E-state index in [1.165, 1.54) is 25.6 Å². The van der Waals surface area contributed by atoms with Crippen LogP contribution in [0.1, 0.15) is 33.7 Å². The number of anilines is 1. The lowest BCUT2D eigenvalue weighted by Gasteiger charge is -2.12. The summed E-state index contributed by atoms with van der Waals surface area (Å²) in [4.78, 5) is 32.2. The minimum absolute atomic E-state index is 0.0271. The average Bonchev–Trinajstić information content (AvgIpc) is 3.10. The summed E-state index contributed by atoms with van der Waals surface area (Å²) < 4.78 is 6.66. The van der Waals surface area contributed by atoms with E-state index >= 15 is 0 Å². The molecule has 0 aliphatic rings. The van der Waals surface area contributed by atoms with Crippen molar-refractivity contribution in [2.75, 3.05) is 12.4 Å². The van der Waals surface area contributed by atoms with E-state index in [9.17, 15) is 14.7 Å². The van der Waals surface area contributed by atoms with E-state index in [0.717, 1.165) is 17.0 Å². The number of ether oxygens (including phenoxy) is 1. The molecule has 3 rings (SSSR count). The molecule has 0 atom stereocenters. The number of aromatic carboxylic acids is 1. The fourth-order valence-corrected chi connectivity index (χ4v) is 2.90. The van der Waals surface area contributed by atoms with Crippen molar-refractivity contribution in [1.29, 1.82) is 0 Å². The van der Waals surface area contributed by atoms with Gasteiger partial charge in [-0.05, 0) is 44.0 Å². The van der Waals surface area contributed by atoms with E-state index in [1.54, 1.807) is 10.6 Å². The molecule has 0 bridgehead atoms. The van der Waals surface area contributed by atoms with Gasteiger partial charge in [0.1, 0.15) is 12.1 Å². The average molecular weight is 369 g/mol. The smallest absolute Gasteiger partial charge is 0.337 e. The summed E-state index contributed by atoms with van der Waals surface area (Å²) in [5, 5.41) is 16.1. The Morgan fingerprint density at radius 3 is 2.78 bits per heavy atom. The van der Waals surface area contributed by atoms with Crippen LogP contribution in [0.5, 0.6) is 5.75 Å². The summed E-state index contributed by atoms with van der Waals surface area (Å²) in [6.45, 7) is 3.76. The van der Waals surface area contributed by atoms with Gasteiger partial charge in [0.25, 0.3) is 5.78 Å². The minimum atomic E-state index is -1.14. The zero-order valence-electron chi connectivity index (χ0n) is 15.2. The number of fused-ring (bicyclic) bond motifs is 1. The third-order valence-corrected chi connectivity index (χ3v) is 4.32. The number of carboxylic acid groups (broad SMARTS) is 1. The molecule has 0 aliphatic carbocycles. The third-order valence-electron chi connectivity index (χ3n) is 4.32. The molecule has 0 radical (unpaired) electrons. The predicted octanol–water partition coefficient (Wildman–Crippen LogP) is 2.02. The van der Waals surface area contributed by atoms with Gasteiger partial charge < -0.3 is 15.2 Å². The monoisotopic (exact) mass is 369 g/mol. The molecule has 2 N–H and O–H groups in total. The van der Waals surface area contributed by atoms with Gasteiger partial charge in [0.2, 0.25) is 5.91 Å². The summed E-state index contributed by atoms with van der Waals surface area (Å²) >= 11 is 0. The Kier molecular flexibility index (Phi) is 5.02. The number of nitrogens with zero attached hydrogens (tertiary/aromatic N) is 4. The molecule has 9 nitrogen and oxygen atoms in total. The normalized spacial score (nSPS) is 10.8. The van der Waals surface area contributed by atoms with Crippen LogP contribution in [0.25, 0.3) is 5.78 Å². The Morgan fingerprint density at radius 1 is 1.30 bits per heavy atom. The van der Waals surface area contributed by atoms with E-state index < -0.39 is 5.97 Å². The van der Waals surface area contributed by atoms with Crippen molar-refractivity contribution in [1.82, 2.24) is 19.6 Å². The number of aryl methyl sites for hydroxylation is 2. The number of amides is 1. The van der Waals surface area contributed by atoms with Crippen LogP contribution in [0.3, 0.4) is 0 Å². The van der Waals surface area contributed by atoms with E-state index in [0.29, 0.717) is 17.9 Å². The molecule has 140 valence electrons.